The molecule has 0 aliphatic rings. The number of aryl methyl sites for hydroxylation is 5. The summed E-state index contributed by atoms with van der Waals surface area (Å²) in [5, 5.41) is 2.30. The van der Waals surface area contributed by atoms with Crippen LogP contribution >= 0.6 is 121 Å². The maximum Gasteiger partial charge on any atom is 0.343 e. The molecule has 0 fully saturated rings. The fourth-order valence-electron chi connectivity index (χ4n) is 12.3. The fourth-order valence-corrected chi connectivity index (χ4v) is 13.8. The van der Waals surface area contributed by atoms with Crippen LogP contribution in [-0.4, -0.2) is 29.8 Å². The van der Waals surface area contributed by atoms with E-state index in [0.717, 1.165) is 32.1 Å². The average molecular weight is 1910 g/mol. The van der Waals surface area contributed by atoms with Crippen LogP contribution < -0.4 is 23.7 Å². The third-order valence-corrected chi connectivity index (χ3v) is 23.6. The van der Waals surface area contributed by atoms with Crippen LogP contribution in [0.4, 0.5) is 23.5 Å². The molecule has 10 nitrogen and oxygen atoms in total. The number of hydrogen-bond acceptors (Lipinski definition) is 15. The number of ether oxygens (including phenoxy) is 5. The van der Waals surface area contributed by atoms with Gasteiger partial charge in [0.2, 0.25) is 0 Å². The molecule has 0 amide bonds. The van der Waals surface area contributed by atoms with Gasteiger partial charge in [0.25, 0.3) is 0 Å². The minimum absolute atomic E-state index is 0. The Morgan fingerprint density at radius 1 is 0.208 bits per heavy atom. The largest absolute Gasteiger partial charge is 0.423 e. The molecule has 0 heterocycles. The number of carbonyl (C=O) groups excluding carboxylic acids is 5. The summed E-state index contributed by atoms with van der Waals surface area (Å²) < 4.78 is 26.7. The zero-order valence-electron chi connectivity index (χ0n) is 71.7. The van der Waals surface area contributed by atoms with E-state index >= 15 is 0 Å². The number of rotatable bonds is 40. The summed E-state index contributed by atoms with van der Waals surface area (Å²) >= 11 is 50.8. The minimum Gasteiger partial charge on any atom is -0.423 e. The van der Waals surface area contributed by atoms with Gasteiger partial charge in [-0.15, -0.1) is 63.1 Å². The van der Waals surface area contributed by atoms with Crippen molar-refractivity contribution in [1.29, 1.82) is 0 Å². The standard InChI is InChI=1S/5C20H23ClO2S.5FH/c5*1-2-3-4-5-6-7-15-8-10-16(11-9-15)20(22)23-17-12-13-19(24)18(21)14-17;;;;;/h5*8-14,24H,2-7H2,1H3;5*1H. The molecule has 0 radical (unpaired) electrons. The topological polar surface area (TPSA) is 132 Å². The Kier molecular flexibility index (Phi) is 61.6. The Hall–Kier alpha value is -7.60. The second kappa shape index (κ2) is 66.7. The lowest BCUT2D eigenvalue weighted by Crippen LogP contribution is -2.08. The lowest BCUT2D eigenvalue weighted by molar-refractivity contribution is 0.0725. The van der Waals surface area contributed by atoms with Gasteiger partial charge in [-0.25, -0.2) is 24.0 Å². The van der Waals surface area contributed by atoms with E-state index in [0.29, 0.717) is 106 Å². The highest BCUT2D eigenvalue weighted by Crippen LogP contribution is 2.32. The number of hydrogen-bond donors (Lipinski definition) is 5. The highest BCUT2D eigenvalue weighted by atomic mass is 35.5. The van der Waals surface area contributed by atoms with Gasteiger partial charge in [0.15, 0.2) is 0 Å². The number of halogens is 10. The number of benzene rings is 10. The van der Waals surface area contributed by atoms with E-state index in [9.17, 15) is 24.0 Å². The molecule has 0 unspecified atom stereocenters. The first kappa shape index (κ1) is 115. The van der Waals surface area contributed by atoms with E-state index in [4.69, 9.17) is 81.7 Å². The third-order valence-electron chi connectivity index (χ3n) is 19.4. The summed E-state index contributed by atoms with van der Waals surface area (Å²) in [4.78, 5) is 64.1. The van der Waals surface area contributed by atoms with Gasteiger partial charge in [0.05, 0.1) is 52.9 Å². The Bertz CT molecular complexity index is 4060. The molecule has 0 N–H and O–H groups in total. The van der Waals surface area contributed by atoms with Crippen molar-refractivity contribution in [3.05, 3.63) is 293 Å². The van der Waals surface area contributed by atoms with Crippen molar-refractivity contribution >= 4 is 151 Å². The minimum atomic E-state index is -0.382. The number of carbonyl (C=O) groups is 5. The van der Waals surface area contributed by atoms with Crippen LogP contribution in [0.5, 0.6) is 28.7 Å². The van der Waals surface area contributed by atoms with E-state index in [2.05, 4.69) is 97.8 Å². The van der Waals surface area contributed by atoms with E-state index in [-0.39, 0.29) is 53.4 Å². The Morgan fingerprint density at radius 3 is 0.472 bits per heavy atom. The van der Waals surface area contributed by atoms with E-state index in [1.165, 1.54) is 188 Å². The van der Waals surface area contributed by atoms with Crippen LogP contribution in [0.2, 0.25) is 25.1 Å². The SMILES string of the molecule is CCCCCCCc1ccc(C(=O)Oc2ccc(S)c(Cl)c2)cc1.CCCCCCCc1ccc(C(=O)Oc2ccc(S)c(Cl)c2)cc1.CCCCCCCc1ccc(C(=O)Oc2ccc(S)c(Cl)c2)cc1.CCCCCCCc1ccc(C(=O)Oc2ccc(S)c(Cl)c2)cc1.CCCCCCCc1ccc(C(=O)Oc2ccc(S)c(Cl)c2)cc1.F.F.F.F.F. The molecule has 0 aliphatic heterocycles. The zero-order valence-corrected chi connectivity index (χ0v) is 79.9. The highest BCUT2D eigenvalue weighted by molar-refractivity contribution is 7.81. The Labute approximate surface area is 789 Å². The molecular weight excluding hydrogens is 1790 g/mol. The molecule has 10 aromatic rings. The second-order valence-corrected chi connectivity index (χ2v) is 33.8. The molecular formula is C100H120Cl5F5O10S5. The molecule has 0 saturated carbocycles. The van der Waals surface area contributed by atoms with Gasteiger partial charge in [-0.3, -0.25) is 23.5 Å². The summed E-state index contributed by atoms with van der Waals surface area (Å²) in [6.45, 7) is 11.1. The molecule has 125 heavy (non-hydrogen) atoms. The van der Waals surface area contributed by atoms with Gasteiger partial charge in [0.1, 0.15) is 28.7 Å². The van der Waals surface area contributed by atoms with Gasteiger partial charge in [-0.1, -0.05) is 282 Å². The van der Waals surface area contributed by atoms with Crippen molar-refractivity contribution in [2.45, 2.75) is 252 Å². The molecule has 0 spiro atoms. The van der Waals surface area contributed by atoms with Gasteiger partial charge < -0.3 is 23.7 Å². The van der Waals surface area contributed by atoms with E-state index in [1.54, 1.807) is 91.0 Å². The first-order valence-electron chi connectivity index (χ1n) is 42.0. The van der Waals surface area contributed by atoms with Crippen LogP contribution in [-0.2, 0) is 32.1 Å². The molecule has 0 aromatic heterocycles. The molecule has 0 saturated heterocycles. The first-order valence-corrected chi connectivity index (χ1v) is 46.1. The number of unbranched alkanes of at least 4 members (excludes halogenated alkanes) is 20. The van der Waals surface area contributed by atoms with Gasteiger partial charge in [-0.05, 0) is 213 Å². The van der Waals surface area contributed by atoms with Crippen molar-refractivity contribution in [2.24, 2.45) is 0 Å². The summed E-state index contributed by atoms with van der Waals surface area (Å²) in [5.41, 5.74) is 8.96. The third kappa shape index (κ3) is 45.8. The summed E-state index contributed by atoms with van der Waals surface area (Å²) in [6.07, 6.45) is 36.9. The monoisotopic (exact) mass is 1910 g/mol. The Morgan fingerprint density at radius 2 is 0.344 bits per heavy atom. The maximum absolute atomic E-state index is 12.2. The van der Waals surface area contributed by atoms with Crippen molar-refractivity contribution in [2.75, 3.05) is 0 Å². The van der Waals surface area contributed by atoms with Crippen molar-refractivity contribution in [1.82, 2.24) is 0 Å². The lowest BCUT2D eigenvalue weighted by Gasteiger charge is -2.07. The van der Waals surface area contributed by atoms with Crippen LogP contribution in [0.1, 0.15) is 275 Å². The van der Waals surface area contributed by atoms with Crippen LogP contribution in [0.25, 0.3) is 0 Å². The van der Waals surface area contributed by atoms with Gasteiger partial charge >= 0.3 is 29.8 Å². The summed E-state index contributed by atoms with van der Waals surface area (Å²) in [6, 6.07) is 63.0. The number of thiol groups is 5. The highest BCUT2D eigenvalue weighted by Gasteiger charge is 2.16. The van der Waals surface area contributed by atoms with Gasteiger partial charge in [-0.2, -0.15) is 0 Å². The quantitative estimate of drug-likeness (QED) is 0.00832. The van der Waals surface area contributed by atoms with Crippen molar-refractivity contribution in [3.63, 3.8) is 0 Å². The van der Waals surface area contributed by atoms with Gasteiger partial charge in [0, 0.05) is 54.8 Å². The molecule has 0 bridgehead atoms. The summed E-state index contributed by atoms with van der Waals surface area (Å²) in [7, 11) is 0. The lowest BCUT2D eigenvalue weighted by atomic mass is 10.0. The Balaban J connectivity index is 0.000000774. The molecule has 25 heteroatoms. The van der Waals surface area contributed by atoms with Crippen molar-refractivity contribution in [3.8, 4) is 28.7 Å². The molecule has 10 rings (SSSR count). The van der Waals surface area contributed by atoms with Crippen LogP contribution in [0.3, 0.4) is 0 Å². The molecule has 0 atom stereocenters. The van der Waals surface area contributed by atoms with Crippen molar-refractivity contribution < 1.29 is 71.2 Å². The second-order valence-electron chi connectivity index (χ2n) is 29.3. The van der Waals surface area contributed by atoms with Crippen LogP contribution in [0, 0.1) is 0 Å². The number of esters is 5. The summed E-state index contributed by atoms with van der Waals surface area (Å²) in [5.74, 6) is 0.186. The smallest absolute Gasteiger partial charge is 0.343 e. The molecule has 0 aliphatic carbocycles. The molecule has 680 valence electrons. The first-order chi connectivity index (χ1) is 58.0. The fraction of sp³-hybridized carbons (Fsp3) is 0.350. The van der Waals surface area contributed by atoms with Crippen LogP contribution in [0.15, 0.2) is 237 Å². The molecule has 10 aromatic carbocycles. The maximum atomic E-state index is 12.2. The average Bonchev–Trinajstić information content (AvgIpc) is 0.872. The van der Waals surface area contributed by atoms with E-state index in [1.807, 2.05) is 121 Å². The van der Waals surface area contributed by atoms with E-state index < -0.39 is 0 Å². The zero-order chi connectivity index (χ0) is 86.8. The predicted octanol–water partition coefficient (Wildman–Crippen LogP) is 32.6. The predicted molar refractivity (Wildman–Crippen MR) is 525 cm³/mol. The normalized spacial score (nSPS) is 10.2.